The van der Waals surface area contributed by atoms with Gasteiger partial charge in [-0.25, -0.2) is 0 Å². The lowest BCUT2D eigenvalue weighted by atomic mass is 9.55. The maximum atomic E-state index is 2.46. The third kappa shape index (κ3) is 3.56. The van der Waals surface area contributed by atoms with E-state index in [1.165, 1.54) is 70.4 Å². The third-order valence-electron chi connectivity index (χ3n) is 10.9. The SMILES string of the molecule is CC1(C)c2ccccc2C2(c3ccccc3-c3cc(N(c4ccccc4)c4cccc5sc6ccccc6c45)ccc32)c2ccccc21. The quantitative estimate of drug-likeness (QED) is 0.188. The highest BCUT2D eigenvalue weighted by molar-refractivity contribution is 7.26. The summed E-state index contributed by atoms with van der Waals surface area (Å²) in [7, 11) is 0. The molecule has 0 radical (unpaired) electrons. The molecule has 0 amide bonds. The summed E-state index contributed by atoms with van der Waals surface area (Å²) in [4.78, 5) is 2.46. The molecular weight excluding hydrogens is 599 g/mol. The van der Waals surface area contributed by atoms with Crippen LogP contribution in [0.2, 0.25) is 0 Å². The van der Waals surface area contributed by atoms with Crippen molar-refractivity contribution in [2.75, 3.05) is 4.90 Å². The number of benzene rings is 7. The summed E-state index contributed by atoms with van der Waals surface area (Å²) in [6.07, 6.45) is 0. The van der Waals surface area contributed by atoms with Gasteiger partial charge in [0.15, 0.2) is 0 Å². The second-order valence-corrected chi connectivity index (χ2v) is 14.7. The molecule has 48 heavy (non-hydrogen) atoms. The van der Waals surface area contributed by atoms with Crippen molar-refractivity contribution < 1.29 is 0 Å². The highest BCUT2D eigenvalue weighted by Crippen LogP contribution is 2.62. The Morgan fingerprint density at radius 3 is 1.77 bits per heavy atom. The molecule has 2 heteroatoms. The number of thiophene rings is 1. The Bertz CT molecular complexity index is 2500. The van der Waals surface area contributed by atoms with Crippen LogP contribution in [0, 0.1) is 0 Å². The Morgan fingerprint density at radius 1 is 0.438 bits per heavy atom. The van der Waals surface area contributed by atoms with Gasteiger partial charge in [0.05, 0.1) is 11.1 Å². The molecule has 1 nitrogen and oxygen atoms in total. The zero-order valence-corrected chi connectivity index (χ0v) is 27.8. The third-order valence-corrected chi connectivity index (χ3v) is 12.1. The van der Waals surface area contributed by atoms with E-state index in [0.29, 0.717) is 0 Å². The van der Waals surface area contributed by atoms with Crippen LogP contribution in [0.4, 0.5) is 17.1 Å². The zero-order valence-electron chi connectivity index (χ0n) is 26.9. The van der Waals surface area contributed by atoms with Gasteiger partial charge < -0.3 is 4.90 Å². The first kappa shape index (κ1) is 27.7. The van der Waals surface area contributed by atoms with Gasteiger partial charge in [0, 0.05) is 37.0 Å². The molecule has 0 fully saturated rings. The molecular formula is C46H33NS. The minimum absolute atomic E-state index is 0.109. The summed E-state index contributed by atoms with van der Waals surface area (Å²) in [6, 6.07) is 61.1. The molecule has 10 rings (SSSR count). The first-order valence-electron chi connectivity index (χ1n) is 16.8. The number of para-hydroxylation sites is 1. The molecule has 0 atom stereocenters. The van der Waals surface area contributed by atoms with E-state index in [1.54, 1.807) is 0 Å². The molecule has 1 spiro atoms. The van der Waals surface area contributed by atoms with E-state index >= 15 is 0 Å². The van der Waals surface area contributed by atoms with Crippen LogP contribution in [-0.2, 0) is 10.8 Å². The number of nitrogens with zero attached hydrogens (tertiary/aromatic N) is 1. The molecule has 2 aliphatic carbocycles. The maximum Gasteiger partial charge on any atom is 0.0719 e. The Balaban J connectivity index is 1.28. The molecule has 2 aliphatic rings. The van der Waals surface area contributed by atoms with Crippen molar-refractivity contribution in [3.63, 3.8) is 0 Å². The lowest BCUT2D eigenvalue weighted by Gasteiger charge is -2.46. The number of anilines is 3. The van der Waals surface area contributed by atoms with Gasteiger partial charge in [-0.3, -0.25) is 0 Å². The number of rotatable bonds is 3. The van der Waals surface area contributed by atoms with Crippen LogP contribution in [0.5, 0.6) is 0 Å². The van der Waals surface area contributed by atoms with Crippen molar-refractivity contribution in [3.05, 3.63) is 197 Å². The molecule has 0 saturated carbocycles. The molecule has 0 aliphatic heterocycles. The van der Waals surface area contributed by atoms with Crippen molar-refractivity contribution >= 4 is 48.6 Å². The summed E-state index contributed by atoms with van der Waals surface area (Å²) in [5.74, 6) is 0. The molecule has 0 bridgehead atoms. The fraction of sp³-hybridized carbons (Fsp3) is 0.0870. The second kappa shape index (κ2) is 10.0. The highest BCUT2D eigenvalue weighted by atomic mass is 32.1. The first-order chi connectivity index (χ1) is 23.6. The monoisotopic (exact) mass is 631 g/mol. The number of hydrogen-bond acceptors (Lipinski definition) is 2. The molecule has 0 unspecified atom stereocenters. The number of hydrogen-bond donors (Lipinski definition) is 0. The normalized spacial score (nSPS) is 14.8. The van der Waals surface area contributed by atoms with Gasteiger partial charge in [0.2, 0.25) is 0 Å². The summed E-state index contributed by atoms with van der Waals surface area (Å²) < 4.78 is 2.62. The van der Waals surface area contributed by atoms with E-state index in [-0.39, 0.29) is 5.41 Å². The Labute approximate surface area is 285 Å². The van der Waals surface area contributed by atoms with E-state index in [0.717, 1.165) is 11.4 Å². The lowest BCUT2D eigenvalue weighted by molar-refractivity contribution is 0.563. The molecule has 228 valence electrons. The first-order valence-corrected chi connectivity index (χ1v) is 17.6. The zero-order chi connectivity index (χ0) is 32.0. The van der Waals surface area contributed by atoms with Crippen LogP contribution in [0.1, 0.15) is 47.2 Å². The van der Waals surface area contributed by atoms with Crippen LogP contribution in [-0.4, -0.2) is 0 Å². The van der Waals surface area contributed by atoms with Crippen molar-refractivity contribution in [2.45, 2.75) is 24.7 Å². The van der Waals surface area contributed by atoms with E-state index in [2.05, 4.69) is 183 Å². The van der Waals surface area contributed by atoms with Crippen molar-refractivity contribution in [1.29, 1.82) is 0 Å². The summed E-state index contributed by atoms with van der Waals surface area (Å²) in [5, 5.41) is 2.61. The molecule has 7 aromatic carbocycles. The Morgan fingerprint density at radius 2 is 1.02 bits per heavy atom. The highest BCUT2D eigenvalue weighted by Gasteiger charge is 2.53. The standard InChI is InChI=1S/C46H33NS/c1-45(2)37-20-9-11-22-39(37)46(40-23-12-10-21-38(40)45)35-19-8-6-17-32(35)34-29-31(27-28-36(34)46)47(30-15-4-3-5-16-30)41-24-14-26-43-44(41)33-18-7-13-25-42(33)48-43/h3-29H,1-2H3. The summed E-state index contributed by atoms with van der Waals surface area (Å²) in [5.41, 5.74) is 13.9. The van der Waals surface area contributed by atoms with Gasteiger partial charge in [-0.05, 0) is 87.0 Å². The van der Waals surface area contributed by atoms with Crippen molar-refractivity contribution in [1.82, 2.24) is 0 Å². The largest absolute Gasteiger partial charge is 0.310 e. The topological polar surface area (TPSA) is 3.24 Å². The Hall–Kier alpha value is -5.44. The average molecular weight is 632 g/mol. The smallest absolute Gasteiger partial charge is 0.0719 e. The fourth-order valence-electron chi connectivity index (χ4n) is 8.94. The van der Waals surface area contributed by atoms with Gasteiger partial charge in [-0.15, -0.1) is 11.3 Å². The molecule has 0 saturated heterocycles. The van der Waals surface area contributed by atoms with Gasteiger partial charge in [0.1, 0.15) is 0 Å². The van der Waals surface area contributed by atoms with Crippen LogP contribution in [0.25, 0.3) is 31.3 Å². The van der Waals surface area contributed by atoms with Gasteiger partial charge in [-0.1, -0.05) is 135 Å². The minimum atomic E-state index is -0.395. The molecule has 0 N–H and O–H groups in total. The molecule has 1 aromatic heterocycles. The van der Waals surface area contributed by atoms with E-state index < -0.39 is 5.41 Å². The number of fused-ring (bicyclic) bond motifs is 12. The van der Waals surface area contributed by atoms with Crippen LogP contribution in [0.3, 0.4) is 0 Å². The van der Waals surface area contributed by atoms with E-state index in [9.17, 15) is 0 Å². The Kier molecular flexibility index (Phi) is 5.78. The minimum Gasteiger partial charge on any atom is -0.310 e. The van der Waals surface area contributed by atoms with Crippen LogP contribution in [0.15, 0.2) is 164 Å². The van der Waals surface area contributed by atoms with Crippen molar-refractivity contribution in [2.24, 2.45) is 0 Å². The second-order valence-electron chi connectivity index (χ2n) is 13.7. The van der Waals surface area contributed by atoms with Crippen LogP contribution < -0.4 is 4.90 Å². The predicted molar refractivity (Wildman–Crippen MR) is 203 cm³/mol. The van der Waals surface area contributed by atoms with Crippen LogP contribution >= 0.6 is 11.3 Å². The van der Waals surface area contributed by atoms with Gasteiger partial charge >= 0.3 is 0 Å². The molecule has 8 aromatic rings. The van der Waals surface area contributed by atoms with Gasteiger partial charge in [-0.2, -0.15) is 0 Å². The lowest BCUT2D eigenvalue weighted by Crippen LogP contribution is -2.40. The summed E-state index contributed by atoms with van der Waals surface area (Å²) in [6.45, 7) is 4.77. The molecule has 1 heterocycles. The van der Waals surface area contributed by atoms with E-state index in [1.807, 2.05) is 11.3 Å². The summed E-state index contributed by atoms with van der Waals surface area (Å²) >= 11 is 1.87. The maximum absolute atomic E-state index is 2.46. The van der Waals surface area contributed by atoms with E-state index in [4.69, 9.17) is 0 Å². The van der Waals surface area contributed by atoms with Gasteiger partial charge in [0.25, 0.3) is 0 Å². The van der Waals surface area contributed by atoms with Crippen molar-refractivity contribution in [3.8, 4) is 11.1 Å². The fourth-order valence-corrected chi connectivity index (χ4v) is 10.1. The predicted octanol–water partition coefficient (Wildman–Crippen LogP) is 12.5. The average Bonchev–Trinajstić information content (AvgIpc) is 3.66.